The van der Waals surface area contributed by atoms with E-state index in [-0.39, 0.29) is 29.3 Å². The number of aromatic hydroxyl groups is 1. The third-order valence-corrected chi connectivity index (χ3v) is 6.95. The molecule has 0 saturated carbocycles. The number of ketones is 1. The van der Waals surface area contributed by atoms with Crippen molar-refractivity contribution in [1.29, 1.82) is 0 Å². The molecule has 0 bridgehead atoms. The van der Waals surface area contributed by atoms with Crippen LogP contribution in [0.1, 0.15) is 84.8 Å². The number of ether oxygens (including phenoxy) is 4. The largest absolute Gasteiger partial charge is 0.507 e. The van der Waals surface area contributed by atoms with Crippen LogP contribution in [0.5, 0.6) is 23.0 Å². The van der Waals surface area contributed by atoms with Gasteiger partial charge in [0.1, 0.15) is 36.1 Å². The van der Waals surface area contributed by atoms with Gasteiger partial charge in [0.2, 0.25) is 0 Å². The molecule has 0 spiro atoms. The fourth-order valence-corrected chi connectivity index (χ4v) is 5.08. The lowest BCUT2D eigenvalue weighted by Gasteiger charge is -2.28. The Morgan fingerprint density at radius 1 is 0.946 bits per heavy atom. The molecule has 0 amide bonds. The molecule has 1 unspecified atom stereocenters. The predicted octanol–water partition coefficient (Wildman–Crippen LogP) is 5.09. The van der Waals surface area contributed by atoms with Crippen LogP contribution in [0.4, 0.5) is 0 Å². The smallest absolute Gasteiger partial charge is 0.342 e. The zero-order valence-corrected chi connectivity index (χ0v) is 20.8. The minimum atomic E-state index is -0.659. The van der Waals surface area contributed by atoms with Crippen LogP contribution in [0.2, 0.25) is 0 Å². The van der Waals surface area contributed by atoms with Gasteiger partial charge in [-0.3, -0.25) is 9.59 Å². The molecule has 194 valence electrons. The van der Waals surface area contributed by atoms with Crippen LogP contribution in [0.15, 0.2) is 30.3 Å². The number of rotatable bonds is 1. The molecule has 2 aromatic rings. The van der Waals surface area contributed by atoms with E-state index in [2.05, 4.69) is 0 Å². The average molecular weight is 507 g/mol. The van der Waals surface area contributed by atoms with E-state index >= 15 is 0 Å². The normalized spacial score (nSPS) is 22.2. The number of phenols is 1. The lowest BCUT2D eigenvalue weighted by atomic mass is 9.83. The Morgan fingerprint density at radius 2 is 1.73 bits per heavy atom. The van der Waals surface area contributed by atoms with Crippen molar-refractivity contribution in [2.24, 2.45) is 0 Å². The molecule has 3 aliphatic rings. The summed E-state index contributed by atoms with van der Waals surface area (Å²) in [7, 11) is 0. The molecule has 3 heterocycles. The van der Waals surface area contributed by atoms with Crippen molar-refractivity contribution in [3.63, 3.8) is 0 Å². The molecular weight excluding hydrogens is 476 g/mol. The number of allylic oxidation sites excluding steroid dienone is 1. The summed E-state index contributed by atoms with van der Waals surface area (Å²) in [6.45, 7) is 2.66. The molecule has 8 heteroatoms. The molecular formula is C29H30O8. The highest BCUT2D eigenvalue weighted by atomic mass is 16.6. The summed E-state index contributed by atoms with van der Waals surface area (Å²) in [5.74, 6) is -0.319. The maximum absolute atomic E-state index is 13.3. The van der Waals surface area contributed by atoms with Crippen LogP contribution in [0.3, 0.4) is 0 Å². The second-order valence-electron chi connectivity index (χ2n) is 9.68. The van der Waals surface area contributed by atoms with Crippen LogP contribution < -0.4 is 14.2 Å². The molecule has 0 fully saturated rings. The third kappa shape index (κ3) is 5.33. The van der Waals surface area contributed by atoms with Gasteiger partial charge < -0.3 is 24.1 Å². The first-order chi connectivity index (χ1) is 17.9. The fourth-order valence-electron chi connectivity index (χ4n) is 5.08. The molecule has 1 N–H and O–H groups in total. The van der Waals surface area contributed by atoms with Crippen LogP contribution in [0.25, 0.3) is 6.08 Å². The Hall–Kier alpha value is -3.81. The van der Waals surface area contributed by atoms with Gasteiger partial charge in [0.15, 0.2) is 11.5 Å². The first kappa shape index (κ1) is 24.9. The maximum Gasteiger partial charge on any atom is 0.342 e. The van der Waals surface area contributed by atoms with Gasteiger partial charge in [-0.2, -0.15) is 0 Å². The van der Waals surface area contributed by atoms with Crippen molar-refractivity contribution < 1.29 is 38.4 Å². The van der Waals surface area contributed by atoms with Crippen LogP contribution in [0, 0.1) is 0 Å². The molecule has 8 nitrogen and oxygen atoms in total. The first-order valence-corrected chi connectivity index (χ1v) is 12.8. The van der Waals surface area contributed by atoms with Gasteiger partial charge in [-0.25, -0.2) is 4.79 Å². The number of hydrogen-bond donors (Lipinski definition) is 1. The fraction of sp³-hybridized carbons (Fsp3) is 0.414. The Morgan fingerprint density at radius 3 is 2.57 bits per heavy atom. The van der Waals surface area contributed by atoms with E-state index in [0.29, 0.717) is 74.4 Å². The van der Waals surface area contributed by atoms with E-state index in [0.717, 1.165) is 5.56 Å². The van der Waals surface area contributed by atoms with Crippen molar-refractivity contribution in [3.05, 3.63) is 52.6 Å². The summed E-state index contributed by atoms with van der Waals surface area (Å²) in [6.07, 6.45) is 6.59. The SMILES string of the molecule is C[C@H]1CCCC(=O)CCCC=Cc2cc3c(c(O)c2C(=O)O1)C(c1ccc2c(c1)OCCO2)CC(=O)O3. The van der Waals surface area contributed by atoms with Crippen LogP contribution in [-0.4, -0.2) is 42.1 Å². The minimum absolute atomic E-state index is 0.00565. The van der Waals surface area contributed by atoms with Gasteiger partial charge in [-0.1, -0.05) is 18.2 Å². The lowest BCUT2D eigenvalue weighted by Crippen LogP contribution is -2.23. The zero-order valence-electron chi connectivity index (χ0n) is 20.8. The summed E-state index contributed by atoms with van der Waals surface area (Å²) in [5, 5.41) is 11.5. The van der Waals surface area contributed by atoms with Crippen molar-refractivity contribution in [3.8, 4) is 23.0 Å². The highest BCUT2D eigenvalue weighted by Gasteiger charge is 2.36. The zero-order chi connectivity index (χ0) is 25.9. The van der Waals surface area contributed by atoms with Gasteiger partial charge in [0.05, 0.1) is 12.5 Å². The molecule has 3 aliphatic heterocycles. The second-order valence-corrected chi connectivity index (χ2v) is 9.68. The molecule has 0 aromatic heterocycles. The minimum Gasteiger partial charge on any atom is -0.507 e. The van der Waals surface area contributed by atoms with E-state index < -0.39 is 24.0 Å². The molecule has 2 aromatic carbocycles. The van der Waals surface area contributed by atoms with E-state index in [1.54, 1.807) is 31.2 Å². The highest BCUT2D eigenvalue weighted by molar-refractivity contribution is 5.98. The lowest BCUT2D eigenvalue weighted by molar-refractivity contribution is -0.135. The molecule has 0 aliphatic carbocycles. The van der Waals surface area contributed by atoms with Crippen molar-refractivity contribution in [2.75, 3.05) is 13.2 Å². The predicted molar refractivity (Wildman–Crippen MR) is 134 cm³/mol. The first-order valence-electron chi connectivity index (χ1n) is 12.8. The van der Waals surface area contributed by atoms with Gasteiger partial charge in [0.25, 0.3) is 0 Å². The summed E-state index contributed by atoms with van der Waals surface area (Å²) < 4.78 is 22.5. The number of hydrogen-bond acceptors (Lipinski definition) is 8. The van der Waals surface area contributed by atoms with Gasteiger partial charge >= 0.3 is 11.9 Å². The summed E-state index contributed by atoms with van der Waals surface area (Å²) >= 11 is 0. The number of carbonyl (C=O) groups excluding carboxylic acids is 3. The van der Waals surface area contributed by atoms with Crippen molar-refractivity contribution >= 4 is 23.8 Å². The molecule has 2 atom stereocenters. The number of phenolic OH excluding ortho intramolecular Hbond substituents is 1. The highest BCUT2D eigenvalue weighted by Crippen LogP contribution is 2.48. The van der Waals surface area contributed by atoms with E-state index in [4.69, 9.17) is 18.9 Å². The van der Waals surface area contributed by atoms with E-state index in [1.807, 2.05) is 12.1 Å². The quantitative estimate of drug-likeness (QED) is 0.421. The number of benzene rings is 2. The molecule has 0 radical (unpaired) electrons. The molecule has 37 heavy (non-hydrogen) atoms. The van der Waals surface area contributed by atoms with E-state index in [1.165, 1.54) is 0 Å². The third-order valence-electron chi connectivity index (χ3n) is 6.95. The standard InChI is InChI=1S/C29H30O8/c1-17-6-5-9-20(30)8-4-2-3-7-19-15-24-27(28(32)26(19)29(33)36-17)21(16-25(31)37-24)18-10-11-22-23(14-18)35-13-12-34-22/h3,7,10-11,14-15,17,21,32H,2,4-6,8-9,12-13,16H2,1H3/t17-,21?/m0/s1. The Kier molecular flexibility index (Phi) is 7.17. The van der Waals surface area contributed by atoms with Crippen LogP contribution >= 0.6 is 0 Å². The number of fused-ring (bicyclic) bond motifs is 3. The van der Waals surface area contributed by atoms with Gasteiger partial charge in [-0.05, 0) is 61.9 Å². The maximum atomic E-state index is 13.3. The summed E-state index contributed by atoms with van der Waals surface area (Å²) in [4.78, 5) is 38.0. The average Bonchev–Trinajstić information content (AvgIpc) is 2.87. The Labute approximate surface area is 215 Å². The Balaban J connectivity index is 1.58. The summed E-state index contributed by atoms with van der Waals surface area (Å²) in [6, 6.07) is 7.01. The number of esters is 2. The monoisotopic (exact) mass is 506 g/mol. The second kappa shape index (κ2) is 10.7. The van der Waals surface area contributed by atoms with Crippen molar-refractivity contribution in [2.45, 2.75) is 63.9 Å². The number of carbonyl (C=O) groups is 3. The van der Waals surface area contributed by atoms with Crippen LogP contribution in [-0.2, 0) is 14.3 Å². The van der Waals surface area contributed by atoms with E-state index in [9.17, 15) is 19.5 Å². The number of cyclic esters (lactones) is 1. The van der Waals surface area contributed by atoms with Gasteiger partial charge in [-0.15, -0.1) is 0 Å². The summed E-state index contributed by atoms with van der Waals surface area (Å²) in [5.41, 5.74) is 1.53. The topological polar surface area (TPSA) is 108 Å². The Bertz CT molecular complexity index is 1260. The van der Waals surface area contributed by atoms with Gasteiger partial charge in [0, 0.05) is 24.3 Å². The molecule has 5 rings (SSSR count). The number of Topliss-reactive ketones (excluding diaryl/α,β-unsaturated/α-hetero) is 1. The van der Waals surface area contributed by atoms with Crippen molar-refractivity contribution in [1.82, 2.24) is 0 Å². The molecule has 0 saturated heterocycles.